The van der Waals surface area contributed by atoms with Gasteiger partial charge in [-0.3, -0.25) is 0 Å². The van der Waals surface area contributed by atoms with E-state index in [0.29, 0.717) is 11.3 Å². The highest BCUT2D eigenvalue weighted by Crippen LogP contribution is 2.33. The van der Waals surface area contributed by atoms with Gasteiger partial charge in [0.15, 0.2) is 0 Å². The molecule has 0 aromatic heterocycles. The van der Waals surface area contributed by atoms with Crippen LogP contribution >= 0.6 is 0 Å². The van der Waals surface area contributed by atoms with Crippen LogP contribution in [-0.2, 0) is 4.79 Å². The molecule has 3 nitrogen and oxygen atoms in total. The summed E-state index contributed by atoms with van der Waals surface area (Å²) >= 11 is 0. The van der Waals surface area contributed by atoms with E-state index in [-0.39, 0.29) is 0 Å². The van der Waals surface area contributed by atoms with Crippen LogP contribution < -0.4 is 9.47 Å². The van der Waals surface area contributed by atoms with Crippen LogP contribution in [0, 0.1) is 0 Å². The first kappa shape index (κ1) is 12.2. The third-order valence-corrected chi connectivity index (χ3v) is 2.62. The topological polar surface area (TPSA) is 35.5 Å². The summed E-state index contributed by atoms with van der Waals surface area (Å²) in [5.74, 6) is 0.838. The van der Waals surface area contributed by atoms with E-state index >= 15 is 0 Å². The summed E-state index contributed by atoms with van der Waals surface area (Å²) in [7, 11) is 1.61. The van der Waals surface area contributed by atoms with Gasteiger partial charge >= 0.3 is 5.97 Å². The van der Waals surface area contributed by atoms with E-state index in [4.69, 9.17) is 9.47 Å². The maximum Gasteiger partial charge on any atom is 0.338 e. The summed E-state index contributed by atoms with van der Waals surface area (Å²) in [4.78, 5) is 11.6. The second kappa shape index (κ2) is 4.92. The van der Waals surface area contributed by atoms with Crippen molar-refractivity contribution in [3.8, 4) is 11.5 Å². The van der Waals surface area contributed by atoms with Crippen LogP contribution in [-0.4, -0.2) is 13.1 Å². The van der Waals surface area contributed by atoms with Crippen LogP contribution in [0.15, 0.2) is 48.6 Å². The van der Waals surface area contributed by atoms with Crippen molar-refractivity contribution >= 4 is 16.7 Å². The maximum absolute atomic E-state index is 11.6. The first-order chi connectivity index (χ1) is 8.63. The summed E-state index contributed by atoms with van der Waals surface area (Å²) < 4.78 is 10.6. The fourth-order valence-electron chi connectivity index (χ4n) is 1.70. The number of ether oxygens (including phenoxy) is 2. The average Bonchev–Trinajstić information content (AvgIpc) is 2.39. The number of hydrogen-bond donors (Lipinski definition) is 0. The first-order valence-electron chi connectivity index (χ1n) is 5.57. The van der Waals surface area contributed by atoms with Crippen LogP contribution in [0.2, 0.25) is 0 Å². The lowest BCUT2D eigenvalue weighted by atomic mass is 10.1. The molecule has 0 amide bonds. The van der Waals surface area contributed by atoms with E-state index in [1.807, 2.05) is 24.3 Å². The lowest BCUT2D eigenvalue weighted by Crippen LogP contribution is -2.08. The predicted molar refractivity (Wildman–Crippen MR) is 70.9 cm³/mol. The zero-order chi connectivity index (χ0) is 13.1. The molecule has 2 rings (SSSR count). The summed E-state index contributed by atoms with van der Waals surface area (Å²) in [6.07, 6.45) is 0. The van der Waals surface area contributed by atoms with Gasteiger partial charge in [-0.1, -0.05) is 30.8 Å². The van der Waals surface area contributed by atoms with E-state index in [1.165, 1.54) is 0 Å². The minimum Gasteiger partial charge on any atom is -0.496 e. The number of fused-ring (bicyclic) bond motifs is 1. The zero-order valence-electron chi connectivity index (χ0n) is 10.4. The Balaban J connectivity index is 2.53. The van der Waals surface area contributed by atoms with E-state index in [9.17, 15) is 4.79 Å². The van der Waals surface area contributed by atoms with Gasteiger partial charge in [-0.05, 0) is 19.1 Å². The Labute approximate surface area is 106 Å². The van der Waals surface area contributed by atoms with Gasteiger partial charge < -0.3 is 9.47 Å². The average molecular weight is 242 g/mol. The lowest BCUT2D eigenvalue weighted by molar-refractivity contribution is -0.129. The molecule has 2 aromatic carbocycles. The molecule has 0 aliphatic carbocycles. The normalized spacial score (nSPS) is 10.1. The molecule has 0 atom stereocenters. The van der Waals surface area contributed by atoms with Crippen molar-refractivity contribution in [1.29, 1.82) is 0 Å². The zero-order valence-corrected chi connectivity index (χ0v) is 10.4. The SMILES string of the molecule is C=C(C)C(=O)Oc1ccc(OC)c2ccccc12. The fourth-order valence-corrected chi connectivity index (χ4v) is 1.70. The lowest BCUT2D eigenvalue weighted by Gasteiger charge is -2.10. The standard InChI is InChI=1S/C15H14O3/c1-10(2)15(16)18-14-9-8-13(17-3)11-6-4-5-7-12(11)14/h4-9H,1H2,2-3H3. The molecular formula is C15H14O3. The van der Waals surface area contributed by atoms with Gasteiger partial charge in [0.05, 0.1) is 7.11 Å². The van der Waals surface area contributed by atoms with E-state index in [2.05, 4.69) is 6.58 Å². The number of esters is 1. The van der Waals surface area contributed by atoms with Crippen molar-refractivity contribution in [2.45, 2.75) is 6.92 Å². The molecule has 0 N–H and O–H groups in total. The highest BCUT2D eigenvalue weighted by molar-refractivity contribution is 5.96. The number of rotatable bonds is 3. The minimum atomic E-state index is -0.426. The summed E-state index contributed by atoms with van der Waals surface area (Å²) in [6.45, 7) is 5.18. The number of benzene rings is 2. The van der Waals surface area contributed by atoms with Gasteiger partial charge in [0, 0.05) is 16.3 Å². The molecule has 0 saturated carbocycles. The Hall–Kier alpha value is -2.29. The smallest absolute Gasteiger partial charge is 0.338 e. The predicted octanol–water partition coefficient (Wildman–Crippen LogP) is 3.33. The number of carbonyl (C=O) groups excluding carboxylic acids is 1. The van der Waals surface area contributed by atoms with E-state index in [0.717, 1.165) is 16.5 Å². The molecule has 0 radical (unpaired) electrons. The molecule has 0 unspecified atom stereocenters. The molecule has 0 saturated heterocycles. The molecule has 0 aliphatic rings. The third-order valence-electron chi connectivity index (χ3n) is 2.62. The van der Waals surface area contributed by atoms with Crippen LogP contribution in [0.1, 0.15) is 6.92 Å². The molecule has 18 heavy (non-hydrogen) atoms. The summed E-state index contributed by atoms with van der Waals surface area (Å²) in [5.41, 5.74) is 0.370. The Morgan fingerprint density at radius 2 is 1.61 bits per heavy atom. The molecule has 0 heterocycles. The highest BCUT2D eigenvalue weighted by Gasteiger charge is 2.11. The molecule has 3 heteroatoms. The Morgan fingerprint density at radius 3 is 2.17 bits per heavy atom. The summed E-state index contributed by atoms with van der Waals surface area (Å²) in [6, 6.07) is 11.1. The number of methoxy groups -OCH3 is 1. The third kappa shape index (κ3) is 2.20. The van der Waals surface area contributed by atoms with Gasteiger partial charge in [0.1, 0.15) is 11.5 Å². The molecule has 2 aromatic rings. The van der Waals surface area contributed by atoms with Crippen molar-refractivity contribution in [3.63, 3.8) is 0 Å². The first-order valence-corrected chi connectivity index (χ1v) is 5.57. The minimum absolute atomic E-state index is 0.370. The van der Waals surface area contributed by atoms with Crippen LogP contribution in [0.4, 0.5) is 0 Å². The van der Waals surface area contributed by atoms with Crippen molar-refractivity contribution in [3.05, 3.63) is 48.6 Å². The van der Waals surface area contributed by atoms with Gasteiger partial charge in [-0.2, -0.15) is 0 Å². The monoisotopic (exact) mass is 242 g/mol. The maximum atomic E-state index is 11.6. The molecule has 0 aliphatic heterocycles. The van der Waals surface area contributed by atoms with Crippen molar-refractivity contribution in [1.82, 2.24) is 0 Å². The quantitative estimate of drug-likeness (QED) is 0.470. The Morgan fingerprint density at radius 1 is 1.06 bits per heavy atom. The summed E-state index contributed by atoms with van der Waals surface area (Å²) in [5, 5.41) is 1.75. The molecular weight excluding hydrogens is 228 g/mol. The van der Waals surface area contributed by atoms with Crippen LogP contribution in [0.5, 0.6) is 11.5 Å². The van der Waals surface area contributed by atoms with Crippen molar-refractivity contribution < 1.29 is 14.3 Å². The number of hydrogen-bond acceptors (Lipinski definition) is 3. The van der Waals surface area contributed by atoms with Gasteiger partial charge in [-0.15, -0.1) is 0 Å². The second-order valence-electron chi connectivity index (χ2n) is 3.98. The van der Waals surface area contributed by atoms with Crippen LogP contribution in [0.3, 0.4) is 0 Å². The molecule has 92 valence electrons. The molecule has 0 bridgehead atoms. The van der Waals surface area contributed by atoms with Gasteiger partial charge in [-0.25, -0.2) is 4.79 Å². The molecule has 0 fully saturated rings. The van der Waals surface area contributed by atoms with Gasteiger partial charge in [0.25, 0.3) is 0 Å². The fraction of sp³-hybridized carbons (Fsp3) is 0.133. The molecule has 0 spiro atoms. The van der Waals surface area contributed by atoms with Crippen molar-refractivity contribution in [2.75, 3.05) is 7.11 Å². The Kier molecular flexibility index (Phi) is 3.33. The van der Waals surface area contributed by atoms with Gasteiger partial charge in [0.2, 0.25) is 0 Å². The van der Waals surface area contributed by atoms with Crippen molar-refractivity contribution in [2.24, 2.45) is 0 Å². The van der Waals surface area contributed by atoms with E-state index in [1.54, 1.807) is 26.2 Å². The Bertz CT molecular complexity index is 614. The van der Waals surface area contributed by atoms with E-state index < -0.39 is 5.97 Å². The highest BCUT2D eigenvalue weighted by atomic mass is 16.5. The largest absolute Gasteiger partial charge is 0.496 e. The van der Waals surface area contributed by atoms with Crippen LogP contribution in [0.25, 0.3) is 10.8 Å². The number of carbonyl (C=O) groups is 1. The second-order valence-corrected chi connectivity index (χ2v) is 3.98.